The molecule has 0 aliphatic carbocycles. The van der Waals surface area contributed by atoms with Crippen molar-refractivity contribution >= 4 is 23.4 Å². The van der Waals surface area contributed by atoms with E-state index in [4.69, 9.17) is 11.6 Å². The Labute approximate surface area is 131 Å². The molecule has 0 fully saturated rings. The molecular formula is C16H10ClFN2S. The van der Waals surface area contributed by atoms with Crippen molar-refractivity contribution in [3.63, 3.8) is 0 Å². The second-order valence-electron chi connectivity index (χ2n) is 4.28. The van der Waals surface area contributed by atoms with Crippen molar-refractivity contribution in [3.8, 4) is 11.4 Å². The fourth-order valence-electron chi connectivity index (χ4n) is 1.82. The largest absolute Gasteiger partial charge is 0.221 e. The zero-order valence-corrected chi connectivity index (χ0v) is 12.4. The minimum absolute atomic E-state index is 0.275. The quantitative estimate of drug-likeness (QED) is 0.630. The van der Waals surface area contributed by atoms with Crippen LogP contribution in [0.25, 0.3) is 11.4 Å². The van der Waals surface area contributed by atoms with Gasteiger partial charge >= 0.3 is 0 Å². The summed E-state index contributed by atoms with van der Waals surface area (Å²) in [5, 5.41) is 1.04. The van der Waals surface area contributed by atoms with E-state index >= 15 is 0 Å². The van der Waals surface area contributed by atoms with Gasteiger partial charge in [0.05, 0.1) is 0 Å². The summed E-state index contributed by atoms with van der Waals surface area (Å²) in [5.74, 6) is 0.283. The van der Waals surface area contributed by atoms with E-state index < -0.39 is 0 Å². The number of benzene rings is 2. The molecule has 1 aromatic heterocycles. The number of nitrogens with zero attached hydrogens (tertiary/aromatic N) is 2. The molecule has 21 heavy (non-hydrogen) atoms. The van der Waals surface area contributed by atoms with Gasteiger partial charge in [0.1, 0.15) is 16.0 Å². The van der Waals surface area contributed by atoms with Gasteiger partial charge in [0.25, 0.3) is 0 Å². The first-order valence-electron chi connectivity index (χ1n) is 6.24. The molecule has 0 unspecified atom stereocenters. The molecule has 0 spiro atoms. The van der Waals surface area contributed by atoms with Crippen molar-refractivity contribution in [2.24, 2.45) is 0 Å². The molecule has 5 heteroatoms. The minimum atomic E-state index is -0.275. The average Bonchev–Trinajstić information content (AvgIpc) is 2.47. The number of hydrogen-bond donors (Lipinski definition) is 0. The van der Waals surface area contributed by atoms with Gasteiger partial charge in [0.2, 0.25) is 0 Å². The second kappa shape index (κ2) is 6.24. The lowest BCUT2D eigenvalue weighted by Gasteiger charge is -2.05. The van der Waals surface area contributed by atoms with Crippen LogP contribution in [0.4, 0.5) is 4.39 Å². The van der Waals surface area contributed by atoms with Crippen LogP contribution in [0.3, 0.4) is 0 Å². The van der Waals surface area contributed by atoms with E-state index in [9.17, 15) is 4.39 Å². The van der Waals surface area contributed by atoms with E-state index in [0.717, 1.165) is 10.5 Å². The predicted molar refractivity (Wildman–Crippen MR) is 83.0 cm³/mol. The normalized spacial score (nSPS) is 10.6. The van der Waals surface area contributed by atoms with Crippen LogP contribution < -0.4 is 0 Å². The van der Waals surface area contributed by atoms with Gasteiger partial charge in [-0.05, 0) is 18.2 Å². The van der Waals surface area contributed by atoms with Crippen LogP contribution in [-0.4, -0.2) is 9.97 Å². The SMILES string of the molecule is Fc1cccc(Sc2cc(Cl)nc(-c3ccccc3)n2)c1. The molecule has 104 valence electrons. The number of hydrogen-bond acceptors (Lipinski definition) is 3. The lowest BCUT2D eigenvalue weighted by molar-refractivity contribution is 0.624. The van der Waals surface area contributed by atoms with Gasteiger partial charge in [-0.2, -0.15) is 0 Å². The summed E-state index contributed by atoms with van der Waals surface area (Å²) in [4.78, 5) is 9.47. The van der Waals surface area contributed by atoms with Crippen molar-refractivity contribution in [1.82, 2.24) is 9.97 Å². The molecule has 0 saturated heterocycles. The molecule has 1 heterocycles. The first kappa shape index (κ1) is 14.0. The number of aromatic nitrogens is 2. The molecule has 0 N–H and O–H groups in total. The maximum atomic E-state index is 13.2. The predicted octanol–water partition coefficient (Wildman–Crippen LogP) is 5.09. The Bertz CT molecular complexity index is 765. The summed E-state index contributed by atoms with van der Waals surface area (Å²) in [6.45, 7) is 0. The minimum Gasteiger partial charge on any atom is -0.221 e. The Morgan fingerprint density at radius 1 is 0.905 bits per heavy atom. The Kier molecular flexibility index (Phi) is 4.18. The van der Waals surface area contributed by atoms with E-state index in [1.165, 1.54) is 23.9 Å². The van der Waals surface area contributed by atoms with E-state index in [-0.39, 0.29) is 5.82 Å². The van der Waals surface area contributed by atoms with Crippen molar-refractivity contribution in [3.05, 3.63) is 71.6 Å². The lowest BCUT2D eigenvalue weighted by Crippen LogP contribution is -1.91. The summed E-state index contributed by atoms with van der Waals surface area (Å²) in [6, 6.07) is 17.6. The van der Waals surface area contributed by atoms with Crippen LogP contribution in [-0.2, 0) is 0 Å². The molecule has 0 aliphatic rings. The van der Waals surface area contributed by atoms with Gasteiger partial charge in [0.15, 0.2) is 5.82 Å². The summed E-state index contributed by atoms with van der Waals surface area (Å²) in [7, 11) is 0. The smallest absolute Gasteiger partial charge is 0.162 e. The highest BCUT2D eigenvalue weighted by Crippen LogP contribution is 2.29. The van der Waals surface area contributed by atoms with Crippen LogP contribution in [0.2, 0.25) is 5.15 Å². The standard InChI is InChI=1S/C16H10ClFN2S/c17-14-10-15(21-13-8-4-7-12(18)9-13)20-16(19-14)11-5-2-1-3-6-11/h1-10H. The third kappa shape index (κ3) is 3.60. The van der Waals surface area contributed by atoms with Crippen molar-refractivity contribution in [1.29, 1.82) is 0 Å². The molecule has 2 aromatic carbocycles. The maximum absolute atomic E-state index is 13.2. The number of rotatable bonds is 3. The van der Waals surface area contributed by atoms with E-state index in [1.54, 1.807) is 12.1 Å². The molecule has 0 bridgehead atoms. The van der Waals surface area contributed by atoms with Crippen molar-refractivity contribution in [2.45, 2.75) is 9.92 Å². The molecular weight excluding hydrogens is 307 g/mol. The molecule has 2 nitrogen and oxygen atoms in total. The average molecular weight is 317 g/mol. The number of halogens is 2. The van der Waals surface area contributed by atoms with Gasteiger partial charge < -0.3 is 0 Å². The molecule has 0 aliphatic heterocycles. The van der Waals surface area contributed by atoms with Gasteiger partial charge in [0, 0.05) is 16.5 Å². The van der Waals surface area contributed by atoms with Gasteiger partial charge in [-0.25, -0.2) is 14.4 Å². The summed E-state index contributed by atoms with van der Waals surface area (Å²) < 4.78 is 13.2. The third-order valence-corrected chi connectivity index (χ3v) is 3.82. The van der Waals surface area contributed by atoms with Crippen LogP contribution >= 0.6 is 23.4 Å². The Balaban J connectivity index is 1.95. The second-order valence-corrected chi connectivity index (χ2v) is 5.76. The fourth-order valence-corrected chi connectivity index (χ4v) is 2.93. The molecule has 0 atom stereocenters. The van der Waals surface area contributed by atoms with Crippen LogP contribution in [0.15, 0.2) is 70.6 Å². The van der Waals surface area contributed by atoms with E-state index in [2.05, 4.69) is 9.97 Å². The topological polar surface area (TPSA) is 25.8 Å². The lowest BCUT2D eigenvalue weighted by atomic mass is 10.2. The van der Waals surface area contributed by atoms with Gasteiger partial charge in [-0.1, -0.05) is 59.8 Å². The summed E-state index contributed by atoms with van der Waals surface area (Å²) in [6.07, 6.45) is 0. The molecule has 0 radical (unpaired) electrons. The van der Waals surface area contributed by atoms with Crippen LogP contribution in [0.5, 0.6) is 0 Å². The zero-order chi connectivity index (χ0) is 14.7. The van der Waals surface area contributed by atoms with Gasteiger partial charge in [-0.15, -0.1) is 0 Å². The van der Waals surface area contributed by atoms with Gasteiger partial charge in [-0.3, -0.25) is 0 Å². The third-order valence-electron chi connectivity index (χ3n) is 2.72. The van der Waals surface area contributed by atoms with Crippen LogP contribution in [0, 0.1) is 5.82 Å². The molecule has 0 saturated carbocycles. The van der Waals surface area contributed by atoms with Crippen LogP contribution in [0.1, 0.15) is 0 Å². The Morgan fingerprint density at radius 2 is 1.71 bits per heavy atom. The highest BCUT2D eigenvalue weighted by atomic mass is 35.5. The maximum Gasteiger partial charge on any atom is 0.162 e. The molecule has 3 rings (SSSR count). The Morgan fingerprint density at radius 3 is 2.48 bits per heavy atom. The van der Waals surface area contributed by atoms with Crippen molar-refractivity contribution < 1.29 is 4.39 Å². The monoisotopic (exact) mass is 316 g/mol. The summed E-state index contributed by atoms with van der Waals surface area (Å²) >= 11 is 7.41. The first-order valence-corrected chi connectivity index (χ1v) is 7.43. The highest BCUT2D eigenvalue weighted by Gasteiger charge is 2.07. The Hall–Kier alpha value is -1.91. The van der Waals surface area contributed by atoms with E-state index in [1.807, 2.05) is 36.4 Å². The molecule has 3 aromatic rings. The zero-order valence-electron chi connectivity index (χ0n) is 10.8. The summed E-state index contributed by atoms with van der Waals surface area (Å²) in [5.41, 5.74) is 0.890. The fraction of sp³-hybridized carbons (Fsp3) is 0. The first-order chi connectivity index (χ1) is 10.2. The molecule has 0 amide bonds. The highest BCUT2D eigenvalue weighted by molar-refractivity contribution is 7.99. The van der Waals surface area contributed by atoms with Crippen molar-refractivity contribution in [2.75, 3.05) is 0 Å². The van der Waals surface area contributed by atoms with E-state index in [0.29, 0.717) is 16.0 Å².